The fourth-order valence-electron chi connectivity index (χ4n) is 6.35. The van der Waals surface area contributed by atoms with Crippen LogP contribution in [-0.2, 0) is 23.3 Å². The van der Waals surface area contributed by atoms with Gasteiger partial charge in [-0.3, -0.25) is 14.9 Å². The van der Waals surface area contributed by atoms with E-state index in [9.17, 15) is 19.8 Å². The lowest BCUT2D eigenvalue weighted by Crippen LogP contribution is -2.56. The first-order chi connectivity index (χ1) is 19.9. The molecule has 0 bridgehead atoms. The quantitative estimate of drug-likeness (QED) is 0.335. The molecule has 2 aliphatic rings. The normalized spacial score (nSPS) is 20.4. The van der Waals surface area contributed by atoms with E-state index in [0.717, 1.165) is 27.3 Å². The van der Waals surface area contributed by atoms with Crippen molar-refractivity contribution < 1.29 is 19.8 Å². The fourth-order valence-corrected chi connectivity index (χ4v) is 7.15. The van der Waals surface area contributed by atoms with Gasteiger partial charge in [0.05, 0.1) is 28.2 Å². The number of amides is 2. The maximum atomic E-state index is 14.0. The Bertz CT molecular complexity index is 1460. The highest BCUT2D eigenvalue weighted by Crippen LogP contribution is 2.34. The molecule has 42 heavy (non-hydrogen) atoms. The minimum atomic E-state index is -1.05. The summed E-state index contributed by atoms with van der Waals surface area (Å²) in [4.78, 5) is 36.1. The lowest BCUT2D eigenvalue weighted by Gasteiger charge is -2.37. The van der Waals surface area contributed by atoms with Gasteiger partial charge in [0.1, 0.15) is 12.3 Å². The molecule has 0 radical (unpaired) electrons. The number of benzene rings is 2. The predicted molar refractivity (Wildman–Crippen MR) is 165 cm³/mol. The molecule has 1 saturated heterocycles. The van der Waals surface area contributed by atoms with Gasteiger partial charge in [0.2, 0.25) is 5.91 Å². The van der Waals surface area contributed by atoms with Gasteiger partial charge >= 0.3 is 0 Å². The number of fused-ring (bicyclic) bond motifs is 1. The van der Waals surface area contributed by atoms with E-state index in [0.29, 0.717) is 18.7 Å². The van der Waals surface area contributed by atoms with Crippen LogP contribution in [0.3, 0.4) is 0 Å². The zero-order valence-corrected chi connectivity index (χ0v) is 26.1. The molecule has 3 N–H and O–H groups in total. The van der Waals surface area contributed by atoms with Crippen molar-refractivity contribution in [3.8, 4) is 10.4 Å². The van der Waals surface area contributed by atoms with Crippen molar-refractivity contribution in [1.82, 2.24) is 20.1 Å². The molecule has 3 heterocycles. The number of carbonyl (C=O) groups excluding carboxylic acids is 2. The average molecular weight is 591 g/mol. The van der Waals surface area contributed by atoms with Crippen molar-refractivity contribution in [3.63, 3.8) is 0 Å². The van der Waals surface area contributed by atoms with E-state index in [1.54, 1.807) is 27.2 Å². The van der Waals surface area contributed by atoms with Crippen molar-refractivity contribution >= 4 is 23.2 Å². The molecule has 0 saturated carbocycles. The predicted octanol–water partition coefficient (Wildman–Crippen LogP) is 4.47. The topological polar surface area (TPSA) is 106 Å². The zero-order chi connectivity index (χ0) is 30.3. The Labute approximate surface area is 252 Å². The van der Waals surface area contributed by atoms with Gasteiger partial charge in [-0.25, -0.2) is 4.98 Å². The highest BCUT2D eigenvalue weighted by molar-refractivity contribution is 7.13. The van der Waals surface area contributed by atoms with Crippen LogP contribution in [0.5, 0.6) is 0 Å². The van der Waals surface area contributed by atoms with Gasteiger partial charge in [0.25, 0.3) is 5.91 Å². The summed E-state index contributed by atoms with van der Waals surface area (Å²) in [6.07, 6.45) is -1.54. The van der Waals surface area contributed by atoms with Crippen LogP contribution in [0.2, 0.25) is 0 Å². The molecule has 4 atom stereocenters. The number of nitrogens with zero attached hydrogens (tertiary/aromatic N) is 3. The minimum Gasteiger partial charge on any atom is -0.391 e. The molecule has 224 valence electrons. The standard InChI is InChI=1S/C33H42N4O4S/c1-19(2)28(37-16-23-9-7-8-10-25(23)31(37)40)32(41)36-17-24(38)14-27(36)30(39)34-15-22-12-11-21(13-26(22)33(4,5)6)29-20(3)35-18-42-29/h7-13,18-19,24,27-28,30,34,38-39H,14-17H2,1-6H3. The van der Waals surface area contributed by atoms with Gasteiger partial charge in [-0.2, -0.15) is 0 Å². The van der Waals surface area contributed by atoms with E-state index in [-0.39, 0.29) is 36.1 Å². The monoisotopic (exact) mass is 590 g/mol. The number of aromatic nitrogens is 1. The van der Waals surface area contributed by atoms with Crippen LogP contribution in [0.25, 0.3) is 10.4 Å². The molecule has 9 heteroatoms. The molecule has 3 aromatic rings. The van der Waals surface area contributed by atoms with Crippen LogP contribution in [0, 0.1) is 12.8 Å². The molecule has 0 aliphatic carbocycles. The highest BCUT2D eigenvalue weighted by atomic mass is 32.1. The van der Waals surface area contributed by atoms with Crippen molar-refractivity contribution in [2.45, 2.75) is 90.9 Å². The zero-order valence-electron chi connectivity index (χ0n) is 25.3. The first-order valence-electron chi connectivity index (χ1n) is 14.7. The van der Waals surface area contributed by atoms with Crippen LogP contribution in [0.15, 0.2) is 48.0 Å². The largest absolute Gasteiger partial charge is 0.391 e. The number of aliphatic hydroxyl groups excluding tert-OH is 2. The molecule has 2 aromatic carbocycles. The van der Waals surface area contributed by atoms with Gasteiger partial charge in [-0.05, 0) is 59.1 Å². The third-order valence-electron chi connectivity index (χ3n) is 8.47. The highest BCUT2D eigenvalue weighted by Gasteiger charge is 2.45. The van der Waals surface area contributed by atoms with Crippen LogP contribution in [0.4, 0.5) is 0 Å². The van der Waals surface area contributed by atoms with Crippen molar-refractivity contribution in [3.05, 3.63) is 75.9 Å². The number of aryl methyl sites for hydroxylation is 1. The molecular formula is C33H42N4O4S. The fraction of sp³-hybridized carbons (Fsp3) is 0.485. The number of hydrogen-bond acceptors (Lipinski definition) is 7. The van der Waals surface area contributed by atoms with Gasteiger partial charge in [0, 0.05) is 25.2 Å². The molecule has 5 rings (SSSR count). The number of carbonyl (C=O) groups is 2. The average Bonchev–Trinajstić information content (AvgIpc) is 3.64. The van der Waals surface area contributed by atoms with E-state index < -0.39 is 24.4 Å². The number of thiazole rings is 1. The molecule has 0 spiro atoms. The number of nitrogens with one attached hydrogen (secondary N) is 1. The Kier molecular flexibility index (Phi) is 8.58. The summed E-state index contributed by atoms with van der Waals surface area (Å²) in [6.45, 7) is 13.3. The second-order valence-electron chi connectivity index (χ2n) is 12.9. The number of β-amino-alcohol motifs (C(OH)–C–C–N with tert-alkyl or cyclic N) is 1. The van der Waals surface area contributed by atoms with Gasteiger partial charge in [-0.15, -0.1) is 11.3 Å². The van der Waals surface area contributed by atoms with E-state index in [1.165, 1.54) is 5.56 Å². The summed E-state index contributed by atoms with van der Waals surface area (Å²) in [6, 6.07) is 12.5. The minimum absolute atomic E-state index is 0.122. The maximum Gasteiger partial charge on any atom is 0.255 e. The summed E-state index contributed by atoms with van der Waals surface area (Å²) in [5.74, 6) is -0.540. The number of hydrogen-bond donors (Lipinski definition) is 3. The lowest BCUT2D eigenvalue weighted by molar-refractivity contribution is -0.141. The Hall–Kier alpha value is -3.11. The van der Waals surface area contributed by atoms with E-state index in [4.69, 9.17) is 0 Å². The Morgan fingerprint density at radius 1 is 1.19 bits per heavy atom. The van der Waals surface area contributed by atoms with E-state index in [1.807, 2.05) is 44.5 Å². The molecular weight excluding hydrogens is 548 g/mol. The number of likely N-dealkylation sites (tertiary alicyclic amines) is 1. The summed E-state index contributed by atoms with van der Waals surface area (Å²) < 4.78 is 0. The summed E-state index contributed by atoms with van der Waals surface area (Å²) >= 11 is 1.62. The SMILES string of the molecule is Cc1ncsc1-c1ccc(CNC(O)C2CC(O)CN2C(=O)C(C(C)C)N2Cc3ccccc3C2=O)c(C(C)(C)C)c1. The smallest absolute Gasteiger partial charge is 0.255 e. The van der Waals surface area contributed by atoms with Gasteiger partial charge in [-0.1, -0.05) is 65.0 Å². The molecule has 2 amide bonds. The summed E-state index contributed by atoms with van der Waals surface area (Å²) in [5.41, 5.74) is 7.62. The van der Waals surface area contributed by atoms with E-state index >= 15 is 0 Å². The van der Waals surface area contributed by atoms with Crippen LogP contribution < -0.4 is 5.32 Å². The van der Waals surface area contributed by atoms with Crippen LogP contribution >= 0.6 is 11.3 Å². The molecule has 1 fully saturated rings. The van der Waals surface area contributed by atoms with E-state index in [2.05, 4.69) is 49.3 Å². The van der Waals surface area contributed by atoms with Crippen molar-refractivity contribution in [2.75, 3.05) is 6.54 Å². The Morgan fingerprint density at radius 3 is 2.57 bits per heavy atom. The molecule has 1 aromatic heterocycles. The Balaban J connectivity index is 1.34. The van der Waals surface area contributed by atoms with Gasteiger partial charge in [0.15, 0.2) is 0 Å². The lowest BCUT2D eigenvalue weighted by atomic mass is 9.82. The molecule has 8 nitrogen and oxygen atoms in total. The second kappa shape index (κ2) is 11.9. The maximum absolute atomic E-state index is 14.0. The van der Waals surface area contributed by atoms with Crippen LogP contribution in [0.1, 0.15) is 73.8 Å². The molecule has 4 unspecified atom stereocenters. The second-order valence-corrected chi connectivity index (χ2v) is 13.8. The van der Waals surface area contributed by atoms with Crippen LogP contribution in [-0.4, -0.2) is 67.8 Å². The van der Waals surface area contributed by atoms with Crippen molar-refractivity contribution in [2.24, 2.45) is 5.92 Å². The number of aliphatic hydroxyl groups is 2. The van der Waals surface area contributed by atoms with Gasteiger partial charge < -0.3 is 20.0 Å². The third-order valence-corrected chi connectivity index (χ3v) is 9.44. The van der Waals surface area contributed by atoms with Crippen molar-refractivity contribution in [1.29, 1.82) is 0 Å². The summed E-state index contributed by atoms with van der Waals surface area (Å²) in [5, 5.41) is 25.2. The Morgan fingerprint density at radius 2 is 1.93 bits per heavy atom. The summed E-state index contributed by atoms with van der Waals surface area (Å²) in [7, 11) is 0. The molecule has 2 aliphatic heterocycles. The first kappa shape index (κ1) is 30.4. The number of rotatable bonds is 8. The first-order valence-corrected chi connectivity index (χ1v) is 15.6. The third kappa shape index (κ3) is 5.88.